The van der Waals surface area contributed by atoms with E-state index in [2.05, 4.69) is 14.9 Å². The van der Waals surface area contributed by atoms with E-state index in [1.54, 1.807) is 7.05 Å². The van der Waals surface area contributed by atoms with Gasteiger partial charge >= 0.3 is 6.01 Å². The minimum Gasteiger partial charge on any atom is -0.506 e. The van der Waals surface area contributed by atoms with Gasteiger partial charge in [0, 0.05) is 39.7 Å². The number of hydrogen-bond acceptors (Lipinski definition) is 8. The Labute approximate surface area is 212 Å². The summed E-state index contributed by atoms with van der Waals surface area (Å²) in [5.74, 6) is -0.745. The molecule has 3 aliphatic rings. The molecule has 0 radical (unpaired) electrons. The number of fused-ring (bicyclic) bond motifs is 2. The summed E-state index contributed by atoms with van der Waals surface area (Å²) in [5, 5.41) is 10.6. The van der Waals surface area contributed by atoms with Gasteiger partial charge in [0.1, 0.15) is 29.6 Å². The van der Waals surface area contributed by atoms with Crippen LogP contribution in [0.1, 0.15) is 25.7 Å². The number of ether oxygens (including phenoxy) is 2. The zero-order chi connectivity index (χ0) is 25.7. The maximum Gasteiger partial charge on any atom is 0.320 e. The highest BCUT2D eigenvalue weighted by molar-refractivity contribution is 5.88. The average Bonchev–Trinajstić information content (AvgIpc) is 3.35. The van der Waals surface area contributed by atoms with Crippen molar-refractivity contribution >= 4 is 16.9 Å². The zero-order valence-corrected chi connectivity index (χ0v) is 20.7. The van der Waals surface area contributed by atoms with E-state index in [1.807, 2.05) is 4.90 Å². The number of phenolic OH excluding ortho intramolecular Hbond substituents is 1. The normalized spacial score (nSPS) is 24.5. The number of aromatic nitrogens is 4. The monoisotopic (exact) mass is 516 g/mol. The lowest BCUT2D eigenvalue weighted by molar-refractivity contribution is 0.107. The summed E-state index contributed by atoms with van der Waals surface area (Å²) in [6.07, 6.45) is 2.09. The number of para-hydroxylation sites is 1. The van der Waals surface area contributed by atoms with Crippen molar-refractivity contribution in [1.82, 2.24) is 24.2 Å². The van der Waals surface area contributed by atoms with Crippen molar-refractivity contribution in [3.8, 4) is 17.4 Å². The van der Waals surface area contributed by atoms with Crippen LogP contribution < -0.4 is 15.2 Å². The molecule has 10 nitrogen and oxygen atoms in total. The summed E-state index contributed by atoms with van der Waals surface area (Å²) in [5.41, 5.74) is -0.957. The quantitative estimate of drug-likeness (QED) is 0.551. The predicted octanol–water partition coefficient (Wildman–Crippen LogP) is 2.15. The molecule has 2 aromatic heterocycles. The number of hydrogen-bond donors (Lipinski definition) is 1. The lowest BCUT2D eigenvalue weighted by Gasteiger charge is -2.31. The molecule has 0 unspecified atom stereocenters. The van der Waals surface area contributed by atoms with Crippen LogP contribution >= 0.6 is 0 Å². The summed E-state index contributed by atoms with van der Waals surface area (Å²) in [7, 11) is 1.57. The number of halogens is 2. The molecule has 3 aliphatic heterocycles. The van der Waals surface area contributed by atoms with Crippen molar-refractivity contribution in [2.75, 3.05) is 50.9 Å². The highest BCUT2D eigenvalue weighted by atomic mass is 19.1. The molecule has 3 fully saturated rings. The van der Waals surface area contributed by atoms with E-state index in [0.717, 1.165) is 30.5 Å². The first-order valence-electron chi connectivity index (χ1n) is 12.7. The first kappa shape index (κ1) is 24.1. The molecule has 1 aromatic carbocycles. The fourth-order valence-corrected chi connectivity index (χ4v) is 6.04. The summed E-state index contributed by atoms with van der Waals surface area (Å²) in [6.45, 7) is 3.66. The number of aromatic hydroxyl groups is 1. The molecule has 0 bridgehead atoms. The SMILES string of the molecule is Cn1c2nc(OC[C@@]34CCCN3C[C@H](F)C4)nc(N3CCCOCC3)c2c(=O)n1-c1c(O)cccc1F. The maximum atomic E-state index is 14.8. The second kappa shape index (κ2) is 9.25. The van der Waals surface area contributed by atoms with Crippen molar-refractivity contribution in [3.63, 3.8) is 0 Å². The number of rotatable bonds is 5. The van der Waals surface area contributed by atoms with Crippen molar-refractivity contribution in [2.45, 2.75) is 37.4 Å². The van der Waals surface area contributed by atoms with Gasteiger partial charge in [0.2, 0.25) is 0 Å². The molecule has 12 heteroatoms. The Hall–Kier alpha value is -3.25. The molecule has 1 N–H and O–H groups in total. The van der Waals surface area contributed by atoms with E-state index in [0.29, 0.717) is 45.1 Å². The number of aryl methyl sites for hydroxylation is 1. The summed E-state index contributed by atoms with van der Waals surface area (Å²) < 4.78 is 43.3. The molecular formula is C25H30F2N6O4. The van der Waals surface area contributed by atoms with Crippen molar-refractivity contribution in [3.05, 3.63) is 34.4 Å². The van der Waals surface area contributed by atoms with Gasteiger partial charge in [0.15, 0.2) is 17.3 Å². The van der Waals surface area contributed by atoms with Gasteiger partial charge in [-0.1, -0.05) is 6.07 Å². The molecule has 0 saturated carbocycles. The van der Waals surface area contributed by atoms with Gasteiger partial charge in [0.25, 0.3) is 5.56 Å². The smallest absolute Gasteiger partial charge is 0.320 e. The minimum absolute atomic E-state index is 0.0710. The molecular weight excluding hydrogens is 486 g/mol. The van der Waals surface area contributed by atoms with Crippen molar-refractivity contribution in [1.29, 1.82) is 0 Å². The molecule has 2 atom stereocenters. The lowest BCUT2D eigenvalue weighted by atomic mass is 9.95. The maximum absolute atomic E-state index is 14.8. The largest absolute Gasteiger partial charge is 0.506 e. The fraction of sp³-hybridized carbons (Fsp3) is 0.560. The number of phenols is 1. The summed E-state index contributed by atoms with van der Waals surface area (Å²) in [4.78, 5) is 27.0. The van der Waals surface area contributed by atoms with E-state index < -0.39 is 17.5 Å². The van der Waals surface area contributed by atoms with Crippen molar-refractivity contribution in [2.24, 2.45) is 7.05 Å². The number of alkyl halides is 1. The number of anilines is 1. The van der Waals surface area contributed by atoms with E-state index in [4.69, 9.17) is 9.47 Å². The van der Waals surface area contributed by atoms with Gasteiger partial charge in [-0.3, -0.25) is 14.4 Å². The highest BCUT2D eigenvalue weighted by Gasteiger charge is 2.49. The Kier molecular flexibility index (Phi) is 6.03. The number of nitrogens with zero attached hydrogens (tertiary/aromatic N) is 6. The van der Waals surface area contributed by atoms with Crippen LogP contribution in [0, 0.1) is 5.82 Å². The summed E-state index contributed by atoms with van der Waals surface area (Å²) >= 11 is 0. The van der Waals surface area contributed by atoms with Crippen LogP contribution in [0.5, 0.6) is 11.8 Å². The molecule has 6 rings (SSSR count). The molecule has 3 saturated heterocycles. The standard InChI is InChI=1S/C25H30F2N6O4/c1-30-21-19(23(35)33(30)20-17(27)5-2-6-18(20)34)22(31-8-4-11-36-12-10-31)29-24(28-21)37-15-25-7-3-9-32(25)14-16(26)13-25/h2,5-6,16,34H,3-4,7-15H2,1H3/t16-,25+/m1/s1. The minimum atomic E-state index is -0.886. The van der Waals surface area contributed by atoms with E-state index in [1.165, 1.54) is 22.9 Å². The van der Waals surface area contributed by atoms with Gasteiger partial charge in [-0.05, 0) is 37.9 Å². The molecule has 5 heterocycles. The van der Waals surface area contributed by atoms with Crippen molar-refractivity contribution < 1.29 is 23.4 Å². The van der Waals surface area contributed by atoms with Gasteiger partial charge in [0.05, 0.1) is 12.1 Å². The van der Waals surface area contributed by atoms with Crippen LogP contribution in [-0.4, -0.2) is 87.0 Å². The van der Waals surface area contributed by atoms with Crippen LogP contribution in [0.3, 0.4) is 0 Å². The second-order valence-electron chi connectivity index (χ2n) is 10.1. The van der Waals surface area contributed by atoms with E-state index >= 15 is 0 Å². The molecule has 3 aromatic rings. The molecule has 198 valence electrons. The highest BCUT2D eigenvalue weighted by Crippen LogP contribution is 2.40. The molecule has 0 aliphatic carbocycles. The van der Waals surface area contributed by atoms with Crippen LogP contribution in [0.25, 0.3) is 16.7 Å². The summed E-state index contributed by atoms with van der Waals surface area (Å²) in [6, 6.07) is 3.94. The number of benzene rings is 1. The van der Waals surface area contributed by atoms with Crippen LogP contribution in [0.15, 0.2) is 23.0 Å². The Morgan fingerprint density at radius 1 is 1.22 bits per heavy atom. The zero-order valence-electron chi connectivity index (χ0n) is 20.7. The van der Waals surface area contributed by atoms with E-state index in [9.17, 15) is 18.7 Å². The molecule has 37 heavy (non-hydrogen) atoms. The molecule has 0 amide bonds. The first-order valence-corrected chi connectivity index (χ1v) is 12.7. The Balaban J connectivity index is 1.47. The Bertz CT molecular complexity index is 1370. The van der Waals surface area contributed by atoms with Gasteiger partial charge < -0.3 is 19.5 Å². The third kappa shape index (κ3) is 4.02. The second-order valence-corrected chi connectivity index (χ2v) is 10.1. The Morgan fingerprint density at radius 3 is 2.92 bits per heavy atom. The van der Waals surface area contributed by atoms with Gasteiger partial charge in [-0.2, -0.15) is 9.97 Å². The Morgan fingerprint density at radius 2 is 2.08 bits per heavy atom. The topological polar surface area (TPSA) is 97.9 Å². The van der Waals surface area contributed by atoms with Crippen LogP contribution in [-0.2, 0) is 11.8 Å². The van der Waals surface area contributed by atoms with Gasteiger partial charge in [-0.25, -0.2) is 13.5 Å². The predicted molar refractivity (Wildman–Crippen MR) is 132 cm³/mol. The lowest BCUT2D eigenvalue weighted by Crippen LogP contribution is -2.43. The third-order valence-corrected chi connectivity index (χ3v) is 7.79. The average molecular weight is 517 g/mol. The first-order chi connectivity index (χ1) is 17.9. The van der Waals surface area contributed by atoms with E-state index in [-0.39, 0.29) is 40.6 Å². The van der Waals surface area contributed by atoms with Crippen LogP contribution in [0.2, 0.25) is 0 Å². The molecule has 0 spiro atoms. The van der Waals surface area contributed by atoms with Gasteiger partial charge in [-0.15, -0.1) is 0 Å². The fourth-order valence-electron chi connectivity index (χ4n) is 6.04. The third-order valence-electron chi connectivity index (χ3n) is 7.79. The van der Waals surface area contributed by atoms with Crippen LogP contribution in [0.4, 0.5) is 14.6 Å².